The van der Waals surface area contributed by atoms with Gasteiger partial charge < -0.3 is 20.7 Å². The summed E-state index contributed by atoms with van der Waals surface area (Å²) in [5.74, 6) is 1.25. The number of aliphatic imine (C=N–C) groups is 1. The fourth-order valence-electron chi connectivity index (χ4n) is 1.86. The van der Waals surface area contributed by atoms with E-state index in [0.29, 0.717) is 5.92 Å². The Bertz CT molecular complexity index is 254. The van der Waals surface area contributed by atoms with Crippen molar-refractivity contribution in [3.63, 3.8) is 0 Å². The average molecular weight is 212 g/mol. The van der Waals surface area contributed by atoms with Gasteiger partial charge in [0.25, 0.3) is 0 Å². The molecule has 0 bridgehead atoms. The van der Waals surface area contributed by atoms with Gasteiger partial charge in [-0.05, 0) is 25.8 Å². The quantitative estimate of drug-likeness (QED) is 0.322. The van der Waals surface area contributed by atoms with Crippen molar-refractivity contribution in [3.05, 3.63) is 0 Å². The van der Waals surface area contributed by atoms with Gasteiger partial charge in [0.15, 0.2) is 5.96 Å². The molecule has 0 spiro atoms. The molecule has 86 valence electrons. The zero-order valence-corrected chi connectivity index (χ0v) is 9.63. The predicted molar refractivity (Wildman–Crippen MR) is 61.0 cm³/mol. The predicted octanol–water partition coefficient (Wildman–Crippen LogP) is -0.652. The van der Waals surface area contributed by atoms with Crippen LogP contribution in [0, 0.1) is 5.92 Å². The van der Waals surface area contributed by atoms with E-state index in [1.165, 1.54) is 0 Å². The van der Waals surface area contributed by atoms with Crippen LogP contribution >= 0.6 is 0 Å². The Morgan fingerprint density at radius 2 is 2.33 bits per heavy atom. The third-order valence-electron chi connectivity index (χ3n) is 3.07. The molecule has 3 N–H and O–H groups in total. The summed E-state index contributed by atoms with van der Waals surface area (Å²) < 4.78 is 0. The molecule has 15 heavy (non-hydrogen) atoms. The van der Waals surface area contributed by atoms with E-state index in [1.807, 2.05) is 14.1 Å². The zero-order chi connectivity index (χ0) is 11.3. The van der Waals surface area contributed by atoms with E-state index in [0.717, 1.165) is 31.6 Å². The Labute approximate surface area is 90.7 Å². The second-order valence-corrected chi connectivity index (χ2v) is 3.85. The number of nitrogens with zero attached hydrogens (tertiary/aromatic N) is 1. The SMILES string of the molecule is CN=C(NC)NCC[C@@H]1CC1(C=O)NC. The third-order valence-corrected chi connectivity index (χ3v) is 3.07. The van der Waals surface area contributed by atoms with Gasteiger partial charge in [-0.1, -0.05) is 0 Å². The normalized spacial score (nSPS) is 29.8. The first kappa shape index (κ1) is 12.0. The topological polar surface area (TPSA) is 65.5 Å². The summed E-state index contributed by atoms with van der Waals surface area (Å²) in [6, 6.07) is 0. The van der Waals surface area contributed by atoms with Gasteiger partial charge in [0.05, 0.1) is 5.54 Å². The minimum absolute atomic E-state index is 0.245. The van der Waals surface area contributed by atoms with Crippen LogP contribution in [0.15, 0.2) is 4.99 Å². The summed E-state index contributed by atoms with van der Waals surface area (Å²) in [5, 5.41) is 9.20. The number of rotatable bonds is 5. The van der Waals surface area contributed by atoms with Crippen molar-refractivity contribution in [2.45, 2.75) is 18.4 Å². The van der Waals surface area contributed by atoms with Crippen LogP contribution in [0.4, 0.5) is 0 Å². The summed E-state index contributed by atoms with van der Waals surface area (Å²) in [6.07, 6.45) is 2.97. The lowest BCUT2D eigenvalue weighted by molar-refractivity contribution is -0.110. The summed E-state index contributed by atoms with van der Waals surface area (Å²) in [5.41, 5.74) is -0.245. The Hall–Kier alpha value is -1.10. The van der Waals surface area contributed by atoms with E-state index in [4.69, 9.17) is 0 Å². The molecule has 0 aromatic heterocycles. The summed E-state index contributed by atoms with van der Waals surface area (Å²) in [6.45, 7) is 0.843. The van der Waals surface area contributed by atoms with Crippen molar-refractivity contribution in [2.24, 2.45) is 10.9 Å². The number of guanidine groups is 1. The molecule has 0 aromatic carbocycles. The van der Waals surface area contributed by atoms with E-state index >= 15 is 0 Å². The molecule has 0 amide bonds. The smallest absolute Gasteiger partial charge is 0.190 e. The van der Waals surface area contributed by atoms with Gasteiger partial charge in [0, 0.05) is 20.6 Å². The molecule has 0 saturated heterocycles. The fourth-order valence-corrected chi connectivity index (χ4v) is 1.86. The van der Waals surface area contributed by atoms with E-state index in [-0.39, 0.29) is 5.54 Å². The maximum Gasteiger partial charge on any atom is 0.190 e. The number of carbonyl (C=O) groups is 1. The molecule has 1 saturated carbocycles. The van der Waals surface area contributed by atoms with Gasteiger partial charge in [-0.2, -0.15) is 0 Å². The zero-order valence-electron chi connectivity index (χ0n) is 9.63. The van der Waals surface area contributed by atoms with Crippen molar-refractivity contribution in [2.75, 3.05) is 27.7 Å². The standard InChI is InChI=1S/C10H20N4O/c1-11-9(12-2)14-5-4-8-6-10(8,7-15)13-3/h7-8,13H,4-6H2,1-3H3,(H2,11,12,14)/t8-,10?/m1/s1. The van der Waals surface area contributed by atoms with E-state index in [2.05, 4.69) is 20.9 Å². The van der Waals surface area contributed by atoms with Crippen LogP contribution in [-0.4, -0.2) is 45.5 Å². The highest BCUT2D eigenvalue weighted by molar-refractivity contribution is 5.79. The molecule has 0 radical (unpaired) electrons. The minimum Gasteiger partial charge on any atom is -0.359 e. The lowest BCUT2D eigenvalue weighted by Gasteiger charge is -2.10. The van der Waals surface area contributed by atoms with Crippen LogP contribution in [0.3, 0.4) is 0 Å². The van der Waals surface area contributed by atoms with Crippen LogP contribution in [-0.2, 0) is 4.79 Å². The highest BCUT2D eigenvalue weighted by atomic mass is 16.1. The van der Waals surface area contributed by atoms with Crippen molar-refractivity contribution in [1.29, 1.82) is 0 Å². The molecule has 0 aliphatic heterocycles. The van der Waals surface area contributed by atoms with Gasteiger partial charge in [0.2, 0.25) is 0 Å². The van der Waals surface area contributed by atoms with Crippen molar-refractivity contribution in [3.8, 4) is 0 Å². The molecule has 1 fully saturated rings. The molecular formula is C10H20N4O. The van der Waals surface area contributed by atoms with E-state index in [9.17, 15) is 4.79 Å². The lowest BCUT2D eigenvalue weighted by Crippen LogP contribution is -2.36. The largest absolute Gasteiger partial charge is 0.359 e. The van der Waals surface area contributed by atoms with Gasteiger partial charge in [-0.15, -0.1) is 0 Å². The number of likely N-dealkylation sites (N-methyl/N-ethyl adjacent to an activating group) is 1. The van der Waals surface area contributed by atoms with Gasteiger partial charge in [-0.25, -0.2) is 0 Å². The van der Waals surface area contributed by atoms with Crippen LogP contribution in [0.1, 0.15) is 12.8 Å². The average Bonchev–Trinajstić information content (AvgIpc) is 2.99. The maximum absolute atomic E-state index is 10.8. The van der Waals surface area contributed by atoms with Crippen LogP contribution in [0.2, 0.25) is 0 Å². The number of hydrogen-bond acceptors (Lipinski definition) is 3. The molecule has 1 aliphatic rings. The Kier molecular flexibility index (Phi) is 4.08. The van der Waals surface area contributed by atoms with Crippen LogP contribution in [0.5, 0.6) is 0 Å². The Morgan fingerprint density at radius 1 is 1.60 bits per heavy atom. The first-order valence-electron chi connectivity index (χ1n) is 5.26. The van der Waals surface area contributed by atoms with Gasteiger partial charge in [0.1, 0.15) is 6.29 Å². The molecule has 5 nitrogen and oxygen atoms in total. The summed E-state index contributed by atoms with van der Waals surface area (Å²) >= 11 is 0. The minimum atomic E-state index is -0.245. The maximum atomic E-state index is 10.8. The van der Waals surface area contributed by atoms with Gasteiger partial charge in [-0.3, -0.25) is 4.99 Å². The van der Waals surface area contributed by atoms with Gasteiger partial charge >= 0.3 is 0 Å². The molecule has 1 unspecified atom stereocenters. The molecule has 5 heteroatoms. The molecular weight excluding hydrogens is 192 g/mol. The number of aldehydes is 1. The van der Waals surface area contributed by atoms with Crippen molar-refractivity contribution >= 4 is 12.2 Å². The second kappa shape index (κ2) is 5.11. The van der Waals surface area contributed by atoms with Crippen LogP contribution in [0.25, 0.3) is 0 Å². The molecule has 1 aliphatic carbocycles. The second-order valence-electron chi connectivity index (χ2n) is 3.85. The number of hydrogen-bond donors (Lipinski definition) is 3. The number of nitrogens with one attached hydrogen (secondary N) is 3. The monoisotopic (exact) mass is 212 g/mol. The third kappa shape index (κ3) is 2.68. The van der Waals surface area contributed by atoms with Crippen molar-refractivity contribution < 1.29 is 4.79 Å². The van der Waals surface area contributed by atoms with E-state index < -0.39 is 0 Å². The highest BCUT2D eigenvalue weighted by Gasteiger charge is 2.52. The molecule has 2 atom stereocenters. The Morgan fingerprint density at radius 3 is 2.73 bits per heavy atom. The first-order chi connectivity index (χ1) is 7.22. The van der Waals surface area contributed by atoms with E-state index in [1.54, 1.807) is 7.05 Å². The number of carbonyl (C=O) groups excluding carboxylic acids is 1. The molecule has 1 rings (SSSR count). The summed E-state index contributed by atoms with van der Waals surface area (Å²) in [7, 11) is 5.41. The summed E-state index contributed by atoms with van der Waals surface area (Å²) in [4.78, 5) is 14.8. The fraction of sp³-hybridized carbons (Fsp3) is 0.800. The molecule has 0 aromatic rings. The highest BCUT2D eigenvalue weighted by Crippen LogP contribution is 2.43. The Balaban J connectivity index is 2.21. The van der Waals surface area contributed by atoms with Crippen LogP contribution < -0.4 is 16.0 Å². The first-order valence-corrected chi connectivity index (χ1v) is 5.26. The van der Waals surface area contributed by atoms with Crippen molar-refractivity contribution in [1.82, 2.24) is 16.0 Å². The lowest BCUT2D eigenvalue weighted by atomic mass is 10.2. The molecule has 0 heterocycles.